The third-order valence-electron chi connectivity index (χ3n) is 3.57. The van der Waals surface area contributed by atoms with E-state index in [2.05, 4.69) is 38.1 Å². The van der Waals surface area contributed by atoms with Gasteiger partial charge in [0.25, 0.3) is 0 Å². The van der Waals surface area contributed by atoms with Crippen molar-refractivity contribution in [3.63, 3.8) is 0 Å². The Morgan fingerprint density at radius 3 is 1.55 bits per heavy atom. The summed E-state index contributed by atoms with van der Waals surface area (Å²) in [4.78, 5) is 0. The van der Waals surface area contributed by atoms with Gasteiger partial charge < -0.3 is 11.5 Å². The van der Waals surface area contributed by atoms with Crippen molar-refractivity contribution in [2.45, 2.75) is 31.8 Å². The topological polar surface area (TPSA) is 52.0 Å². The van der Waals surface area contributed by atoms with Crippen LogP contribution in [0.4, 0.5) is 0 Å². The van der Waals surface area contributed by atoms with Gasteiger partial charge in [-0.05, 0) is 23.5 Å². The second kappa shape index (κ2) is 6.21. The Balaban J connectivity index is 2.45. The molecule has 2 aromatic rings. The SMILES string of the molecule is CC(C)CC(N)(N)C(c1ccccc1)c1ccccc1. The van der Waals surface area contributed by atoms with Gasteiger partial charge in [-0.2, -0.15) is 0 Å². The Morgan fingerprint density at radius 1 is 0.800 bits per heavy atom. The van der Waals surface area contributed by atoms with Crippen LogP contribution in [0.25, 0.3) is 0 Å². The van der Waals surface area contributed by atoms with Gasteiger partial charge in [0.15, 0.2) is 0 Å². The number of benzene rings is 2. The number of rotatable bonds is 5. The third-order valence-corrected chi connectivity index (χ3v) is 3.57. The van der Waals surface area contributed by atoms with Crippen LogP contribution in [-0.2, 0) is 0 Å². The van der Waals surface area contributed by atoms with E-state index in [0.717, 1.165) is 6.42 Å². The molecule has 0 saturated carbocycles. The fourth-order valence-corrected chi connectivity index (χ4v) is 2.93. The van der Waals surface area contributed by atoms with Crippen molar-refractivity contribution in [3.05, 3.63) is 71.8 Å². The molecule has 0 fully saturated rings. The van der Waals surface area contributed by atoms with Crippen molar-refractivity contribution in [2.24, 2.45) is 17.4 Å². The fourth-order valence-electron chi connectivity index (χ4n) is 2.93. The lowest BCUT2D eigenvalue weighted by Crippen LogP contribution is -2.55. The van der Waals surface area contributed by atoms with Crippen LogP contribution in [-0.4, -0.2) is 5.66 Å². The maximum atomic E-state index is 6.50. The number of nitrogens with two attached hydrogens (primary N) is 2. The van der Waals surface area contributed by atoms with E-state index in [1.165, 1.54) is 11.1 Å². The molecule has 0 bridgehead atoms. The van der Waals surface area contributed by atoms with Crippen molar-refractivity contribution in [1.82, 2.24) is 0 Å². The molecular weight excluding hydrogens is 244 g/mol. The van der Waals surface area contributed by atoms with E-state index in [1.54, 1.807) is 0 Å². The summed E-state index contributed by atoms with van der Waals surface area (Å²) in [7, 11) is 0. The molecule has 0 aromatic heterocycles. The van der Waals surface area contributed by atoms with Gasteiger partial charge in [-0.15, -0.1) is 0 Å². The van der Waals surface area contributed by atoms with Crippen molar-refractivity contribution in [3.8, 4) is 0 Å². The molecule has 0 saturated heterocycles. The highest BCUT2D eigenvalue weighted by molar-refractivity contribution is 5.36. The zero-order valence-corrected chi connectivity index (χ0v) is 12.3. The highest BCUT2D eigenvalue weighted by atomic mass is 15.0. The number of hydrogen-bond donors (Lipinski definition) is 2. The van der Waals surface area contributed by atoms with Crippen LogP contribution in [0.5, 0.6) is 0 Å². The van der Waals surface area contributed by atoms with Gasteiger partial charge >= 0.3 is 0 Å². The summed E-state index contributed by atoms with van der Waals surface area (Å²) in [6.45, 7) is 4.31. The molecule has 2 aromatic carbocycles. The zero-order valence-electron chi connectivity index (χ0n) is 12.3. The fraction of sp³-hybridized carbons (Fsp3) is 0.333. The molecule has 2 nitrogen and oxygen atoms in total. The monoisotopic (exact) mass is 268 g/mol. The molecule has 0 aliphatic carbocycles. The van der Waals surface area contributed by atoms with E-state index >= 15 is 0 Å². The molecule has 0 atom stereocenters. The molecule has 0 amide bonds. The Bertz CT molecular complexity index is 478. The maximum absolute atomic E-state index is 6.50. The predicted octanol–water partition coefficient (Wildman–Crippen LogP) is 3.48. The Morgan fingerprint density at radius 2 is 1.20 bits per heavy atom. The molecule has 2 rings (SSSR count). The molecule has 0 aliphatic rings. The lowest BCUT2D eigenvalue weighted by molar-refractivity contribution is 0.316. The summed E-state index contributed by atoms with van der Waals surface area (Å²) < 4.78 is 0. The first-order valence-corrected chi connectivity index (χ1v) is 7.18. The molecule has 4 N–H and O–H groups in total. The van der Waals surface area contributed by atoms with E-state index in [0.29, 0.717) is 5.92 Å². The van der Waals surface area contributed by atoms with E-state index in [-0.39, 0.29) is 5.92 Å². The first kappa shape index (κ1) is 14.8. The van der Waals surface area contributed by atoms with Crippen LogP contribution < -0.4 is 11.5 Å². The Hall–Kier alpha value is -1.64. The zero-order chi connectivity index (χ0) is 14.6. The van der Waals surface area contributed by atoms with Gasteiger partial charge in [-0.25, -0.2) is 0 Å². The van der Waals surface area contributed by atoms with Crippen molar-refractivity contribution in [1.29, 1.82) is 0 Å². The first-order valence-electron chi connectivity index (χ1n) is 7.18. The van der Waals surface area contributed by atoms with Crippen molar-refractivity contribution in [2.75, 3.05) is 0 Å². The quantitative estimate of drug-likeness (QED) is 0.816. The molecule has 0 radical (unpaired) electrons. The summed E-state index contributed by atoms with van der Waals surface area (Å²) in [6.07, 6.45) is 0.779. The summed E-state index contributed by atoms with van der Waals surface area (Å²) >= 11 is 0. The van der Waals surface area contributed by atoms with Gasteiger partial charge in [0.1, 0.15) is 0 Å². The normalized spacial score (nSPS) is 12.1. The van der Waals surface area contributed by atoms with Crippen LogP contribution in [0.15, 0.2) is 60.7 Å². The average molecular weight is 268 g/mol. The van der Waals surface area contributed by atoms with Crippen molar-refractivity contribution < 1.29 is 0 Å². The maximum Gasteiger partial charge on any atom is 0.0751 e. The summed E-state index contributed by atoms with van der Waals surface area (Å²) in [5.41, 5.74) is 14.6. The molecule has 2 heteroatoms. The molecule has 0 unspecified atom stereocenters. The van der Waals surface area contributed by atoms with E-state index in [9.17, 15) is 0 Å². The second-order valence-corrected chi connectivity index (χ2v) is 5.96. The highest BCUT2D eigenvalue weighted by Crippen LogP contribution is 2.34. The summed E-state index contributed by atoms with van der Waals surface area (Å²) in [5, 5.41) is 0. The first-order chi connectivity index (χ1) is 9.50. The Labute approximate surface area is 121 Å². The van der Waals surface area contributed by atoms with E-state index in [4.69, 9.17) is 11.5 Å². The summed E-state index contributed by atoms with van der Waals surface area (Å²) in [6, 6.07) is 20.6. The lowest BCUT2D eigenvalue weighted by Gasteiger charge is -2.36. The molecule has 0 spiro atoms. The van der Waals surface area contributed by atoms with Gasteiger partial charge in [-0.1, -0.05) is 74.5 Å². The van der Waals surface area contributed by atoms with Gasteiger partial charge in [-0.3, -0.25) is 0 Å². The average Bonchev–Trinajstić information content (AvgIpc) is 2.39. The smallest absolute Gasteiger partial charge is 0.0751 e. The Kier molecular flexibility index (Phi) is 4.58. The minimum Gasteiger partial charge on any atom is -0.313 e. The summed E-state index contributed by atoms with van der Waals surface area (Å²) in [5.74, 6) is 0.465. The lowest BCUT2D eigenvalue weighted by atomic mass is 9.77. The predicted molar refractivity (Wildman–Crippen MR) is 85.3 cm³/mol. The molecular formula is C18H24N2. The standard InChI is InChI=1S/C18H24N2/c1-14(2)13-18(19,20)17(15-9-5-3-6-10-15)16-11-7-4-8-12-16/h3-12,14,17H,13,19-20H2,1-2H3. The van der Waals surface area contributed by atoms with Crippen LogP contribution >= 0.6 is 0 Å². The van der Waals surface area contributed by atoms with Crippen molar-refractivity contribution >= 4 is 0 Å². The molecule has 0 aliphatic heterocycles. The van der Waals surface area contributed by atoms with Crippen LogP contribution in [0.2, 0.25) is 0 Å². The van der Waals surface area contributed by atoms with Crippen LogP contribution in [0.1, 0.15) is 37.3 Å². The minimum absolute atomic E-state index is 0.00676. The van der Waals surface area contributed by atoms with Gasteiger partial charge in [0.2, 0.25) is 0 Å². The van der Waals surface area contributed by atoms with Gasteiger partial charge in [0.05, 0.1) is 5.66 Å². The van der Waals surface area contributed by atoms with E-state index in [1.807, 2.05) is 36.4 Å². The van der Waals surface area contributed by atoms with E-state index < -0.39 is 5.66 Å². The molecule has 20 heavy (non-hydrogen) atoms. The second-order valence-electron chi connectivity index (χ2n) is 5.96. The number of hydrogen-bond acceptors (Lipinski definition) is 2. The molecule has 0 heterocycles. The molecule has 106 valence electrons. The largest absolute Gasteiger partial charge is 0.313 e. The van der Waals surface area contributed by atoms with Gasteiger partial charge in [0, 0.05) is 5.92 Å². The third kappa shape index (κ3) is 3.47. The minimum atomic E-state index is -0.753. The van der Waals surface area contributed by atoms with Crippen LogP contribution in [0, 0.1) is 5.92 Å². The van der Waals surface area contributed by atoms with Crippen LogP contribution in [0.3, 0.4) is 0 Å². The highest BCUT2D eigenvalue weighted by Gasteiger charge is 2.33.